The summed E-state index contributed by atoms with van der Waals surface area (Å²) < 4.78 is 1.13. The van der Waals surface area contributed by atoms with E-state index in [1.165, 1.54) is 10.5 Å². The van der Waals surface area contributed by atoms with E-state index in [0.717, 1.165) is 4.47 Å². The van der Waals surface area contributed by atoms with Gasteiger partial charge in [-0.15, -0.1) is 23.4 Å². The summed E-state index contributed by atoms with van der Waals surface area (Å²) >= 11 is 10.9. The van der Waals surface area contributed by atoms with Crippen molar-refractivity contribution in [3.63, 3.8) is 0 Å². The second-order valence-electron chi connectivity index (χ2n) is 2.07. The summed E-state index contributed by atoms with van der Waals surface area (Å²) in [7, 11) is 0. The van der Waals surface area contributed by atoms with Crippen LogP contribution in [0, 0.1) is 0 Å². The molecule has 0 bridgehead atoms. The third-order valence-corrected chi connectivity index (χ3v) is 3.50. The summed E-state index contributed by atoms with van der Waals surface area (Å²) in [6.45, 7) is 0. The zero-order chi connectivity index (χ0) is 8.27. The molecule has 0 nitrogen and oxygen atoms in total. The molecule has 0 atom stereocenters. The average Bonchev–Trinajstić information content (AvgIpc) is 2.04. The summed E-state index contributed by atoms with van der Waals surface area (Å²) in [6.07, 6.45) is 2.05. The van der Waals surface area contributed by atoms with E-state index in [1.807, 2.05) is 18.2 Å². The van der Waals surface area contributed by atoms with Gasteiger partial charge in [0, 0.05) is 15.2 Å². The van der Waals surface area contributed by atoms with E-state index in [2.05, 4.69) is 22.2 Å². The minimum atomic E-state index is 0.579. The van der Waals surface area contributed by atoms with Crippen molar-refractivity contribution in [2.45, 2.75) is 10.8 Å². The van der Waals surface area contributed by atoms with Gasteiger partial charge in [-0.05, 0) is 33.8 Å². The van der Waals surface area contributed by atoms with Crippen LogP contribution in [-0.4, -0.2) is 6.26 Å². The molecular weight excluding hydrogens is 244 g/mol. The molecular formula is C8H8BrClS. The van der Waals surface area contributed by atoms with Gasteiger partial charge in [0.25, 0.3) is 0 Å². The molecule has 0 aliphatic carbocycles. The molecule has 0 fully saturated rings. The zero-order valence-electron chi connectivity index (χ0n) is 6.10. The fourth-order valence-corrected chi connectivity index (χ4v) is 2.75. The summed E-state index contributed by atoms with van der Waals surface area (Å²) in [5, 5.41) is 0. The minimum absolute atomic E-state index is 0.579. The first-order chi connectivity index (χ1) is 5.29. The molecule has 11 heavy (non-hydrogen) atoms. The molecule has 0 radical (unpaired) electrons. The van der Waals surface area contributed by atoms with Gasteiger partial charge in [0.05, 0.1) is 0 Å². The number of rotatable bonds is 2. The van der Waals surface area contributed by atoms with Crippen LogP contribution in [-0.2, 0) is 5.88 Å². The fourth-order valence-electron chi connectivity index (χ4n) is 0.887. The van der Waals surface area contributed by atoms with Gasteiger partial charge >= 0.3 is 0 Å². The molecule has 1 aromatic rings. The number of halogens is 2. The Morgan fingerprint density at radius 1 is 1.55 bits per heavy atom. The first-order valence-electron chi connectivity index (χ1n) is 3.17. The van der Waals surface area contributed by atoms with Crippen molar-refractivity contribution < 1.29 is 0 Å². The van der Waals surface area contributed by atoms with E-state index in [-0.39, 0.29) is 0 Å². The highest BCUT2D eigenvalue weighted by atomic mass is 79.9. The van der Waals surface area contributed by atoms with E-state index in [4.69, 9.17) is 11.6 Å². The summed E-state index contributed by atoms with van der Waals surface area (Å²) in [4.78, 5) is 1.24. The van der Waals surface area contributed by atoms with Crippen LogP contribution in [0.2, 0.25) is 0 Å². The normalized spacial score (nSPS) is 10.1. The second kappa shape index (κ2) is 4.39. The Kier molecular flexibility index (Phi) is 3.76. The molecule has 0 saturated heterocycles. The smallest absolute Gasteiger partial charge is 0.0485 e. The number of alkyl halides is 1. The number of hydrogen-bond acceptors (Lipinski definition) is 1. The molecule has 1 rings (SSSR count). The van der Waals surface area contributed by atoms with Crippen molar-refractivity contribution in [2.24, 2.45) is 0 Å². The number of hydrogen-bond donors (Lipinski definition) is 0. The van der Waals surface area contributed by atoms with Crippen molar-refractivity contribution in [3.05, 3.63) is 28.2 Å². The third kappa shape index (κ3) is 2.14. The van der Waals surface area contributed by atoms with E-state index in [1.54, 1.807) is 11.8 Å². The third-order valence-electron chi connectivity index (χ3n) is 1.40. The lowest BCUT2D eigenvalue weighted by Crippen LogP contribution is -1.83. The minimum Gasteiger partial charge on any atom is -0.128 e. The summed E-state index contributed by atoms with van der Waals surface area (Å²) in [5.74, 6) is 0.579. The van der Waals surface area contributed by atoms with Crippen molar-refractivity contribution in [1.29, 1.82) is 0 Å². The first-order valence-corrected chi connectivity index (χ1v) is 5.72. The highest BCUT2D eigenvalue weighted by Crippen LogP contribution is 2.29. The Bertz CT molecular complexity index is 250. The molecule has 0 spiro atoms. The van der Waals surface area contributed by atoms with Gasteiger partial charge in [-0.2, -0.15) is 0 Å². The first kappa shape index (κ1) is 9.43. The van der Waals surface area contributed by atoms with Crippen LogP contribution in [0.3, 0.4) is 0 Å². The lowest BCUT2D eigenvalue weighted by Gasteiger charge is -2.04. The molecule has 0 aliphatic rings. The predicted molar refractivity (Wildman–Crippen MR) is 55.5 cm³/mol. The highest BCUT2D eigenvalue weighted by Gasteiger charge is 2.02. The lowest BCUT2D eigenvalue weighted by atomic mass is 10.2. The highest BCUT2D eigenvalue weighted by molar-refractivity contribution is 9.10. The molecule has 60 valence electrons. The van der Waals surface area contributed by atoms with Gasteiger partial charge in [-0.3, -0.25) is 0 Å². The Morgan fingerprint density at radius 3 is 2.73 bits per heavy atom. The lowest BCUT2D eigenvalue weighted by molar-refractivity contribution is 1.24. The molecule has 0 aliphatic heterocycles. The molecule has 0 N–H and O–H groups in total. The van der Waals surface area contributed by atoms with Crippen LogP contribution >= 0.6 is 39.3 Å². The van der Waals surface area contributed by atoms with Gasteiger partial charge < -0.3 is 0 Å². The van der Waals surface area contributed by atoms with Crippen LogP contribution in [0.4, 0.5) is 0 Å². The standard InChI is InChI=1S/C8H8BrClS/c1-11-8-6(5-10)3-2-4-7(8)9/h2-4H,5H2,1H3. The second-order valence-corrected chi connectivity index (χ2v) is 4.00. The van der Waals surface area contributed by atoms with Crippen molar-refractivity contribution in [3.8, 4) is 0 Å². The van der Waals surface area contributed by atoms with Gasteiger partial charge in [-0.25, -0.2) is 0 Å². The molecule has 0 heterocycles. The van der Waals surface area contributed by atoms with Crippen molar-refractivity contribution >= 4 is 39.3 Å². The van der Waals surface area contributed by atoms with Gasteiger partial charge in [0.2, 0.25) is 0 Å². The molecule has 0 amide bonds. The van der Waals surface area contributed by atoms with E-state index >= 15 is 0 Å². The van der Waals surface area contributed by atoms with Crippen LogP contribution in [0.1, 0.15) is 5.56 Å². The topological polar surface area (TPSA) is 0 Å². The number of benzene rings is 1. The Balaban J connectivity index is 3.13. The van der Waals surface area contributed by atoms with Gasteiger partial charge in [0.1, 0.15) is 0 Å². The summed E-state index contributed by atoms with van der Waals surface area (Å²) in [5.41, 5.74) is 1.19. The Labute approximate surface area is 84.5 Å². The van der Waals surface area contributed by atoms with Gasteiger partial charge in [0.15, 0.2) is 0 Å². The molecule has 3 heteroatoms. The molecule has 0 aromatic heterocycles. The van der Waals surface area contributed by atoms with E-state index in [9.17, 15) is 0 Å². The zero-order valence-corrected chi connectivity index (χ0v) is 9.26. The largest absolute Gasteiger partial charge is 0.128 e. The van der Waals surface area contributed by atoms with Crippen LogP contribution in [0.25, 0.3) is 0 Å². The molecule has 0 unspecified atom stereocenters. The van der Waals surface area contributed by atoms with E-state index < -0.39 is 0 Å². The van der Waals surface area contributed by atoms with Crippen LogP contribution in [0.15, 0.2) is 27.6 Å². The maximum absolute atomic E-state index is 5.75. The maximum atomic E-state index is 5.75. The summed E-state index contributed by atoms with van der Waals surface area (Å²) in [6, 6.07) is 6.08. The molecule has 1 aromatic carbocycles. The number of thioether (sulfide) groups is 1. The Hall–Kier alpha value is 0.340. The van der Waals surface area contributed by atoms with E-state index in [0.29, 0.717) is 5.88 Å². The maximum Gasteiger partial charge on any atom is 0.0485 e. The van der Waals surface area contributed by atoms with Crippen molar-refractivity contribution in [1.82, 2.24) is 0 Å². The van der Waals surface area contributed by atoms with Crippen molar-refractivity contribution in [2.75, 3.05) is 6.26 Å². The van der Waals surface area contributed by atoms with Crippen LogP contribution < -0.4 is 0 Å². The average molecular weight is 252 g/mol. The predicted octanol–water partition coefficient (Wildman–Crippen LogP) is 3.91. The quantitative estimate of drug-likeness (QED) is 0.567. The van der Waals surface area contributed by atoms with Gasteiger partial charge in [-0.1, -0.05) is 12.1 Å². The molecule has 0 saturated carbocycles. The monoisotopic (exact) mass is 250 g/mol. The Morgan fingerprint density at radius 2 is 2.27 bits per heavy atom. The SMILES string of the molecule is CSc1c(Br)cccc1CCl. The van der Waals surface area contributed by atoms with Crippen LogP contribution in [0.5, 0.6) is 0 Å². The fraction of sp³-hybridized carbons (Fsp3) is 0.250.